The smallest absolute Gasteiger partial charge is 0.161 e. The van der Waals surface area contributed by atoms with E-state index in [2.05, 4.69) is 31.3 Å². The Bertz CT molecular complexity index is 573. The molecule has 21 heavy (non-hydrogen) atoms. The molecule has 0 unspecified atom stereocenters. The zero-order valence-electron chi connectivity index (χ0n) is 13.2. The molecule has 0 aliphatic carbocycles. The van der Waals surface area contributed by atoms with E-state index in [-0.39, 0.29) is 0 Å². The van der Waals surface area contributed by atoms with Crippen LogP contribution in [0.4, 0.5) is 0 Å². The molecule has 2 rings (SSSR count). The Hall–Kier alpha value is -1.52. The largest absolute Gasteiger partial charge is 0.493 e. The third-order valence-electron chi connectivity index (χ3n) is 3.37. The molecule has 2 aromatic rings. The van der Waals surface area contributed by atoms with Gasteiger partial charge in [-0.15, -0.1) is 11.3 Å². The summed E-state index contributed by atoms with van der Waals surface area (Å²) in [5.41, 5.74) is 2.57. The number of nitrogens with one attached hydrogen (secondary N) is 1. The minimum absolute atomic E-state index is 0.640. The molecule has 1 N–H and O–H groups in total. The number of rotatable bonds is 7. The summed E-state index contributed by atoms with van der Waals surface area (Å²) in [7, 11) is 1.66. The summed E-state index contributed by atoms with van der Waals surface area (Å²) >= 11 is 1.86. The molecule has 3 nitrogen and oxygen atoms in total. The van der Waals surface area contributed by atoms with Crippen LogP contribution < -0.4 is 14.8 Å². The molecular formula is C17H23NO2S. The van der Waals surface area contributed by atoms with E-state index < -0.39 is 0 Å². The van der Waals surface area contributed by atoms with Gasteiger partial charge in [0, 0.05) is 22.8 Å². The van der Waals surface area contributed by atoms with Crippen molar-refractivity contribution >= 4 is 11.3 Å². The van der Waals surface area contributed by atoms with Crippen LogP contribution in [0.1, 0.15) is 27.8 Å². The maximum absolute atomic E-state index is 5.60. The lowest BCUT2D eigenvalue weighted by Crippen LogP contribution is -2.12. The number of aryl methyl sites for hydroxylation is 2. The lowest BCUT2D eigenvalue weighted by atomic mass is 10.2. The van der Waals surface area contributed by atoms with Crippen molar-refractivity contribution in [3.8, 4) is 11.5 Å². The molecule has 4 heteroatoms. The van der Waals surface area contributed by atoms with E-state index in [1.807, 2.05) is 30.4 Å². The van der Waals surface area contributed by atoms with E-state index >= 15 is 0 Å². The van der Waals surface area contributed by atoms with Gasteiger partial charge in [-0.3, -0.25) is 0 Å². The molecule has 1 aromatic carbocycles. The van der Waals surface area contributed by atoms with Crippen LogP contribution in [0.25, 0.3) is 0 Å². The van der Waals surface area contributed by atoms with Gasteiger partial charge in [0.1, 0.15) is 0 Å². The topological polar surface area (TPSA) is 30.5 Å². The van der Waals surface area contributed by atoms with Gasteiger partial charge < -0.3 is 14.8 Å². The second kappa shape index (κ2) is 7.48. The summed E-state index contributed by atoms with van der Waals surface area (Å²) in [6.07, 6.45) is 0. The molecule has 0 aliphatic heterocycles. The third-order valence-corrected chi connectivity index (χ3v) is 4.53. The van der Waals surface area contributed by atoms with Crippen molar-refractivity contribution in [2.24, 2.45) is 0 Å². The molecule has 0 fully saturated rings. The van der Waals surface area contributed by atoms with Gasteiger partial charge in [0.2, 0.25) is 0 Å². The number of thiophene rings is 1. The molecular weight excluding hydrogens is 282 g/mol. The van der Waals surface area contributed by atoms with Gasteiger partial charge in [-0.25, -0.2) is 0 Å². The molecule has 0 saturated carbocycles. The SMILES string of the molecule is CCOc1cc(CNCc2cc(C)c(C)s2)ccc1OC. The molecule has 1 heterocycles. The van der Waals surface area contributed by atoms with E-state index in [9.17, 15) is 0 Å². The highest BCUT2D eigenvalue weighted by Crippen LogP contribution is 2.28. The Morgan fingerprint density at radius 3 is 2.52 bits per heavy atom. The maximum atomic E-state index is 5.60. The summed E-state index contributed by atoms with van der Waals surface area (Å²) < 4.78 is 10.9. The van der Waals surface area contributed by atoms with Crippen molar-refractivity contribution in [1.82, 2.24) is 5.32 Å². The Morgan fingerprint density at radius 1 is 1.10 bits per heavy atom. The fourth-order valence-corrected chi connectivity index (χ4v) is 3.19. The summed E-state index contributed by atoms with van der Waals surface area (Å²) in [6, 6.07) is 8.33. The average molecular weight is 305 g/mol. The van der Waals surface area contributed by atoms with Gasteiger partial charge in [-0.1, -0.05) is 6.07 Å². The first-order chi connectivity index (χ1) is 10.1. The molecule has 0 bridgehead atoms. The van der Waals surface area contributed by atoms with Crippen LogP contribution in [0.3, 0.4) is 0 Å². The van der Waals surface area contributed by atoms with Crippen molar-refractivity contribution in [2.75, 3.05) is 13.7 Å². The zero-order chi connectivity index (χ0) is 15.2. The van der Waals surface area contributed by atoms with Crippen molar-refractivity contribution in [3.05, 3.63) is 45.1 Å². The predicted octanol–water partition coefficient (Wildman–Crippen LogP) is 4.06. The summed E-state index contributed by atoms with van der Waals surface area (Å²) in [6.45, 7) is 8.66. The Morgan fingerprint density at radius 2 is 1.90 bits per heavy atom. The van der Waals surface area contributed by atoms with Crippen LogP contribution >= 0.6 is 11.3 Å². The molecule has 0 radical (unpaired) electrons. The molecule has 1 aromatic heterocycles. The number of benzene rings is 1. The molecule has 0 spiro atoms. The molecule has 114 valence electrons. The predicted molar refractivity (Wildman–Crippen MR) is 88.5 cm³/mol. The van der Waals surface area contributed by atoms with Crippen LogP contribution in [0.15, 0.2) is 24.3 Å². The van der Waals surface area contributed by atoms with Crippen molar-refractivity contribution in [1.29, 1.82) is 0 Å². The van der Waals surface area contributed by atoms with Gasteiger partial charge in [-0.2, -0.15) is 0 Å². The van der Waals surface area contributed by atoms with Crippen LogP contribution in [-0.4, -0.2) is 13.7 Å². The first-order valence-electron chi connectivity index (χ1n) is 7.20. The normalized spacial score (nSPS) is 10.7. The Labute approximate surface area is 130 Å². The standard InChI is InChI=1S/C17H23NO2S/c1-5-20-17-9-14(6-7-16(17)19-4)10-18-11-15-8-12(2)13(3)21-15/h6-9,18H,5,10-11H2,1-4H3. The van der Waals surface area contributed by atoms with Crippen molar-refractivity contribution in [2.45, 2.75) is 33.9 Å². The highest BCUT2D eigenvalue weighted by molar-refractivity contribution is 7.12. The van der Waals surface area contributed by atoms with Gasteiger partial charge >= 0.3 is 0 Å². The van der Waals surface area contributed by atoms with Gasteiger partial charge in [0.25, 0.3) is 0 Å². The zero-order valence-corrected chi connectivity index (χ0v) is 14.0. The Kier molecular flexibility index (Phi) is 5.65. The van der Waals surface area contributed by atoms with Crippen LogP contribution in [-0.2, 0) is 13.1 Å². The van der Waals surface area contributed by atoms with Crippen molar-refractivity contribution in [3.63, 3.8) is 0 Å². The van der Waals surface area contributed by atoms with E-state index in [0.717, 1.165) is 24.6 Å². The summed E-state index contributed by atoms with van der Waals surface area (Å²) in [5.74, 6) is 1.59. The second-order valence-electron chi connectivity index (χ2n) is 4.97. The lowest BCUT2D eigenvalue weighted by Gasteiger charge is -2.11. The van der Waals surface area contributed by atoms with E-state index in [4.69, 9.17) is 9.47 Å². The average Bonchev–Trinajstić information content (AvgIpc) is 2.78. The highest BCUT2D eigenvalue weighted by Gasteiger charge is 2.06. The lowest BCUT2D eigenvalue weighted by molar-refractivity contribution is 0.310. The minimum Gasteiger partial charge on any atom is -0.493 e. The summed E-state index contributed by atoms with van der Waals surface area (Å²) in [5, 5.41) is 3.48. The van der Waals surface area contributed by atoms with E-state index in [1.165, 1.54) is 20.9 Å². The van der Waals surface area contributed by atoms with E-state index in [1.54, 1.807) is 7.11 Å². The fraction of sp³-hybridized carbons (Fsp3) is 0.412. The number of hydrogen-bond donors (Lipinski definition) is 1. The molecule has 0 saturated heterocycles. The maximum Gasteiger partial charge on any atom is 0.161 e. The molecule has 0 aliphatic rings. The van der Waals surface area contributed by atoms with Crippen molar-refractivity contribution < 1.29 is 9.47 Å². The monoisotopic (exact) mass is 305 g/mol. The van der Waals surface area contributed by atoms with Gasteiger partial charge in [0.05, 0.1) is 13.7 Å². The fourth-order valence-electron chi connectivity index (χ4n) is 2.17. The van der Waals surface area contributed by atoms with E-state index in [0.29, 0.717) is 6.61 Å². The van der Waals surface area contributed by atoms with Crippen LogP contribution in [0.2, 0.25) is 0 Å². The van der Waals surface area contributed by atoms with Crippen LogP contribution in [0.5, 0.6) is 11.5 Å². The number of ether oxygens (including phenoxy) is 2. The highest BCUT2D eigenvalue weighted by atomic mass is 32.1. The minimum atomic E-state index is 0.640. The number of methoxy groups -OCH3 is 1. The van der Waals surface area contributed by atoms with Gasteiger partial charge in [-0.05, 0) is 50.1 Å². The van der Waals surface area contributed by atoms with Crippen LogP contribution in [0, 0.1) is 13.8 Å². The quantitative estimate of drug-likeness (QED) is 0.836. The first-order valence-corrected chi connectivity index (χ1v) is 8.02. The molecule has 0 amide bonds. The summed E-state index contributed by atoms with van der Waals surface area (Å²) in [4.78, 5) is 2.78. The molecule has 0 atom stereocenters. The van der Waals surface area contributed by atoms with Gasteiger partial charge in [0.15, 0.2) is 11.5 Å². The number of hydrogen-bond acceptors (Lipinski definition) is 4. The Balaban J connectivity index is 1.95. The third kappa shape index (κ3) is 4.22. The second-order valence-corrected chi connectivity index (χ2v) is 6.31. The first kappa shape index (κ1) is 15.9.